The molecular weight excluding hydrogens is 301 g/mol. The topological polar surface area (TPSA) is 56.8 Å². The Balaban J connectivity index is 2.18. The molecule has 5 nitrogen and oxygen atoms in total. The van der Waals surface area contributed by atoms with E-state index in [1.807, 2.05) is 0 Å². The van der Waals surface area contributed by atoms with Crippen LogP contribution >= 0.6 is 0 Å². The summed E-state index contributed by atoms with van der Waals surface area (Å²) in [6.45, 7) is 0.216. The zero-order chi connectivity index (χ0) is 16.8. The second kappa shape index (κ2) is 7.49. The first-order valence-corrected chi connectivity index (χ1v) is 6.91. The van der Waals surface area contributed by atoms with Crippen molar-refractivity contribution in [3.8, 4) is 17.2 Å². The number of benzene rings is 2. The number of carbonyl (C=O) groups is 1. The highest BCUT2D eigenvalue weighted by Gasteiger charge is 2.16. The molecule has 2 rings (SSSR count). The van der Waals surface area contributed by atoms with E-state index in [1.54, 1.807) is 24.3 Å². The number of ether oxygens (including phenoxy) is 3. The smallest absolute Gasteiger partial charge is 0.251 e. The van der Waals surface area contributed by atoms with Gasteiger partial charge in [0.1, 0.15) is 5.82 Å². The van der Waals surface area contributed by atoms with Crippen molar-refractivity contribution in [1.29, 1.82) is 0 Å². The van der Waals surface area contributed by atoms with Gasteiger partial charge in [0.25, 0.3) is 5.91 Å². The first-order valence-electron chi connectivity index (χ1n) is 6.91. The van der Waals surface area contributed by atoms with Crippen molar-refractivity contribution >= 4 is 5.91 Å². The number of nitrogens with one attached hydrogen (secondary N) is 1. The van der Waals surface area contributed by atoms with Gasteiger partial charge in [-0.2, -0.15) is 0 Å². The predicted molar refractivity (Wildman–Crippen MR) is 83.7 cm³/mol. The average molecular weight is 319 g/mol. The van der Waals surface area contributed by atoms with E-state index in [0.717, 1.165) is 0 Å². The fourth-order valence-electron chi connectivity index (χ4n) is 2.14. The van der Waals surface area contributed by atoms with Crippen LogP contribution in [0, 0.1) is 5.82 Å². The maximum Gasteiger partial charge on any atom is 0.251 e. The van der Waals surface area contributed by atoms with Crippen LogP contribution in [0.4, 0.5) is 4.39 Å². The fraction of sp³-hybridized carbons (Fsp3) is 0.235. The van der Waals surface area contributed by atoms with E-state index >= 15 is 0 Å². The van der Waals surface area contributed by atoms with Gasteiger partial charge in [-0.15, -0.1) is 0 Å². The Kier molecular flexibility index (Phi) is 5.41. The zero-order valence-corrected chi connectivity index (χ0v) is 13.2. The van der Waals surface area contributed by atoms with Gasteiger partial charge in [-0.05, 0) is 29.8 Å². The number of hydrogen-bond acceptors (Lipinski definition) is 4. The highest BCUT2D eigenvalue weighted by Crippen LogP contribution is 2.38. The minimum absolute atomic E-state index is 0.216. The summed E-state index contributed by atoms with van der Waals surface area (Å²) in [5.74, 6) is 0.528. The molecule has 0 heterocycles. The van der Waals surface area contributed by atoms with Gasteiger partial charge in [0.05, 0.1) is 21.3 Å². The molecule has 23 heavy (non-hydrogen) atoms. The summed E-state index contributed by atoms with van der Waals surface area (Å²) >= 11 is 0. The lowest BCUT2D eigenvalue weighted by molar-refractivity contribution is 0.0950. The molecule has 1 amide bonds. The van der Waals surface area contributed by atoms with Crippen molar-refractivity contribution in [3.63, 3.8) is 0 Å². The fourth-order valence-corrected chi connectivity index (χ4v) is 2.14. The second-order valence-corrected chi connectivity index (χ2v) is 4.73. The van der Waals surface area contributed by atoms with Gasteiger partial charge in [0, 0.05) is 12.1 Å². The molecule has 0 saturated heterocycles. The normalized spacial score (nSPS) is 10.1. The molecule has 0 spiro atoms. The van der Waals surface area contributed by atoms with Gasteiger partial charge < -0.3 is 19.5 Å². The van der Waals surface area contributed by atoms with E-state index in [0.29, 0.717) is 28.4 Å². The number of carbonyl (C=O) groups excluding carboxylic acids is 1. The molecule has 0 aliphatic rings. The Hall–Kier alpha value is -2.76. The van der Waals surface area contributed by atoms with Gasteiger partial charge in [0.2, 0.25) is 5.75 Å². The molecule has 0 radical (unpaired) electrons. The molecule has 0 aromatic heterocycles. The van der Waals surface area contributed by atoms with Gasteiger partial charge in [-0.1, -0.05) is 12.1 Å². The van der Waals surface area contributed by atoms with E-state index in [1.165, 1.54) is 33.5 Å². The van der Waals surface area contributed by atoms with Crippen molar-refractivity contribution in [2.75, 3.05) is 21.3 Å². The lowest BCUT2D eigenvalue weighted by atomic mass is 10.1. The molecule has 1 N–H and O–H groups in total. The first kappa shape index (κ1) is 16.6. The molecule has 0 atom stereocenters. The molecule has 0 bridgehead atoms. The minimum Gasteiger partial charge on any atom is -0.493 e. The number of rotatable bonds is 6. The summed E-state index contributed by atoms with van der Waals surface area (Å²) in [5, 5.41) is 2.73. The van der Waals surface area contributed by atoms with Gasteiger partial charge in [-0.3, -0.25) is 4.79 Å². The Morgan fingerprint density at radius 2 is 1.70 bits per heavy atom. The summed E-state index contributed by atoms with van der Waals surface area (Å²) in [5.41, 5.74) is 1.03. The average Bonchev–Trinajstić information content (AvgIpc) is 2.58. The molecule has 0 fully saturated rings. The third kappa shape index (κ3) is 3.91. The second-order valence-electron chi connectivity index (χ2n) is 4.73. The van der Waals surface area contributed by atoms with Crippen LogP contribution in [-0.4, -0.2) is 27.2 Å². The molecule has 122 valence electrons. The van der Waals surface area contributed by atoms with Crippen molar-refractivity contribution in [3.05, 3.63) is 53.3 Å². The number of hydrogen-bond donors (Lipinski definition) is 1. The first-order chi connectivity index (χ1) is 11.1. The quantitative estimate of drug-likeness (QED) is 0.889. The Bertz CT molecular complexity index is 678. The van der Waals surface area contributed by atoms with E-state index in [4.69, 9.17) is 14.2 Å². The summed E-state index contributed by atoms with van der Waals surface area (Å²) < 4.78 is 28.8. The van der Waals surface area contributed by atoms with Crippen LogP contribution in [0.2, 0.25) is 0 Å². The Labute approximate surface area is 134 Å². The standard InChI is InChI=1S/C17H18FNO4/c1-21-14-8-12(9-15(22-2)16(14)23-3)17(20)19-10-11-5-4-6-13(18)7-11/h4-9H,10H2,1-3H3,(H,19,20). The van der Waals surface area contributed by atoms with Crippen molar-refractivity contribution in [2.45, 2.75) is 6.54 Å². The summed E-state index contributed by atoms with van der Waals surface area (Å²) in [4.78, 5) is 12.3. The Morgan fingerprint density at radius 1 is 1.04 bits per heavy atom. The molecule has 0 unspecified atom stereocenters. The SMILES string of the molecule is COc1cc(C(=O)NCc2cccc(F)c2)cc(OC)c1OC. The van der Waals surface area contributed by atoms with Crippen LogP contribution in [0.25, 0.3) is 0 Å². The van der Waals surface area contributed by atoms with Crippen LogP contribution in [0.1, 0.15) is 15.9 Å². The minimum atomic E-state index is -0.343. The summed E-state index contributed by atoms with van der Waals surface area (Å²) in [6, 6.07) is 9.17. The molecule has 2 aromatic rings. The van der Waals surface area contributed by atoms with Crippen molar-refractivity contribution in [2.24, 2.45) is 0 Å². The van der Waals surface area contributed by atoms with Crippen LogP contribution < -0.4 is 19.5 Å². The van der Waals surface area contributed by atoms with Crippen LogP contribution in [0.15, 0.2) is 36.4 Å². The highest BCUT2D eigenvalue weighted by molar-refractivity contribution is 5.95. The van der Waals surface area contributed by atoms with E-state index in [9.17, 15) is 9.18 Å². The summed E-state index contributed by atoms with van der Waals surface area (Å²) in [7, 11) is 4.45. The van der Waals surface area contributed by atoms with E-state index in [-0.39, 0.29) is 18.3 Å². The molecule has 2 aromatic carbocycles. The van der Waals surface area contributed by atoms with Gasteiger partial charge in [0.15, 0.2) is 11.5 Å². The molecule has 0 aliphatic carbocycles. The van der Waals surface area contributed by atoms with Crippen molar-refractivity contribution in [1.82, 2.24) is 5.32 Å². The molecule has 0 aliphatic heterocycles. The van der Waals surface area contributed by atoms with Crippen molar-refractivity contribution < 1.29 is 23.4 Å². The molecule has 6 heteroatoms. The Morgan fingerprint density at radius 3 is 2.22 bits per heavy atom. The third-order valence-corrected chi connectivity index (χ3v) is 3.27. The van der Waals surface area contributed by atoms with Gasteiger partial charge >= 0.3 is 0 Å². The van der Waals surface area contributed by atoms with Crippen LogP contribution in [-0.2, 0) is 6.54 Å². The van der Waals surface area contributed by atoms with Gasteiger partial charge in [-0.25, -0.2) is 4.39 Å². The third-order valence-electron chi connectivity index (χ3n) is 3.27. The lowest BCUT2D eigenvalue weighted by Gasteiger charge is -2.14. The highest BCUT2D eigenvalue weighted by atomic mass is 19.1. The van der Waals surface area contributed by atoms with E-state index < -0.39 is 0 Å². The lowest BCUT2D eigenvalue weighted by Crippen LogP contribution is -2.23. The summed E-state index contributed by atoms with van der Waals surface area (Å²) in [6.07, 6.45) is 0. The van der Waals surface area contributed by atoms with Crippen LogP contribution in [0.3, 0.4) is 0 Å². The zero-order valence-electron chi connectivity index (χ0n) is 13.2. The molecular formula is C17H18FNO4. The maximum absolute atomic E-state index is 13.1. The number of halogens is 1. The largest absolute Gasteiger partial charge is 0.493 e. The molecule has 0 saturated carbocycles. The van der Waals surface area contributed by atoms with E-state index in [2.05, 4.69) is 5.32 Å². The van der Waals surface area contributed by atoms with Crippen LogP contribution in [0.5, 0.6) is 17.2 Å². The number of methoxy groups -OCH3 is 3. The monoisotopic (exact) mass is 319 g/mol. The maximum atomic E-state index is 13.1. The number of amides is 1. The predicted octanol–water partition coefficient (Wildman–Crippen LogP) is 2.78.